The molecule has 1 saturated heterocycles. The maximum Gasteiger partial charge on any atom is 0.122 e. The van der Waals surface area contributed by atoms with Crippen LogP contribution in [0, 0.1) is 5.41 Å². The number of nitrogens with one attached hydrogen (secondary N) is 1. The van der Waals surface area contributed by atoms with E-state index in [4.69, 9.17) is 4.74 Å². The fourth-order valence-electron chi connectivity index (χ4n) is 3.96. The Labute approximate surface area is 110 Å². The third kappa shape index (κ3) is 1.33. The van der Waals surface area contributed by atoms with Crippen molar-refractivity contribution in [1.29, 1.82) is 0 Å². The monoisotopic (exact) mass is 245 g/mol. The number of hydrogen-bond donors (Lipinski definition) is 1. The lowest BCUT2D eigenvalue weighted by atomic mass is 9.51. The van der Waals surface area contributed by atoms with E-state index in [0.717, 1.165) is 18.7 Å². The minimum Gasteiger partial charge on any atom is -0.496 e. The molecule has 1 aromatic carbocycles. The van der Waals surface area contributed by atoms with Gasteiger partial charge in [0.2, 0.25) is 0 Å². The molecule has 1 N–H and O–H groups in total. The first-order chi connectivity index (χ1) is 8.50. The number of methoxy groups -OCH3 is 1. The Morgan fingerprint density at radius 3 is 2.78 bits per heavy atom. The summed E-state index contributed by atoms with van der Waals surface area (Å²) in [6.07, 6.45) is 2.29. The van der Waals surface area contributed by atoms with Crippen molar-refractivity contribution in [3.63, 3.8) is 0 Å². The van der Waals surface area contributed by atoms with E-state index in [0.29, 0.717) is 11.5 Å². The van der Waals surface area contributed by atoms with Gasteiger partial charge in [0, 0.05) is 11.5 Å². The van der Waals surface area contributed by atoms with Gasteiger partial charge in [-0.2, -0.15) is 0 Å². The van der Waals surface area contributed by atoms with Gasteiger partial charge in [-0.15, -0.1) is 0 Å². The molecule has 2 heteroatoms. The van der Waals surface area contributed by atoms with Crippen LogP contribution in [0.5, 0.6) is 5.75 Å². The van der Waals surface area contributed by atoms with E-state index in [9.17, 15) is 0 Å². The van der Waals surface area contributed by atoms with Crippen LogP contribution in [0.3, 0.4) is 0 Å². The van der Waals surface area contributed by atoms with E-state index in [1.54, 1.807) is 7.11 Å². The summed E-state index contributed by atoms with van der Waals surface area (Å²) in [5.41, 5.74) is 3.47. The summed E-state index contributed by atoms with van der Waals surface area (Å²) in [5, 5.41) is 3.70. The van der Waals surface area contributed by atoms with Crippen LogP contribution in [-0.4, -0.2) is 19.7 Å². The summed E-state index contributed by atoms with van der Waals surface area (Å²) in [5.74, 6) is 1.06. The zero-order valence-corrected chi connectivity index (χ0v) is 11.8. The minimum atomic E-state index is 0.255. The van der Waals surface area contributed by atoms with Crippen molar-refractivity contribution < 1.29 is 4.74 Å². The first-order valence-electron chi connectivity index (χ1n) is 6.90. The summed E-state index contributed by atoms with van der Waals surface area (Å²) in [7, 11) is 1.78. The van der Waals surface area contributed by atoms with E-state index < -0.39 is 0 Å². The van der Waals surface area contributed by atoms with Crippen molar-refractivity contribution in [3.8, 4) is 5.75 Å². The quantitative estimate of drug-likeness (QED) is 0.821. The molecule has 1 aromatic rings. The first kappa shape index (κ1) is 12.0. The van der Waals surface area contributed by atoms with Crippen molar-refractivity contribution in [2.75, 3.05) is 13.7 Å². The van der Waals surface area contributed by atoms with Gasteiger partial charge in [-0.3, -0.25) is 0 Å². The highest BCUT2D eigenvalue weighted by Crippen LogP contribution is 2.54. The van der Waals surface area contributed by atoms with E-state index in [1.165, 1.54) is 17.5 Å². The maximum absolute atomic E-state index is 5.56. The second-order valence-electron chi connectivity index (χ2n) is 6.50. The van der Waals surface area contributed by atoms with Crippen LogP contribution in [0.4, 0.5) is 0 Å². The Morgan fingerprint density at radius 2 is 2.06 bits per heavy atom. The van der Waals surface area contributed by atoms with Crippen molar-refractivity contribution in [1.82, 2.24) is 5.32 Å². The summed E-state index contributed by atoms with van der Waals surface area (Å²) < 4.78 is 5.56. The Morgan fingerprint density at radius 1 is 1.28 bits per heavy atom. The lowest BCUT2D eigenvalue weighted by Crippen LogP contribution is -2.62. The lowest BCUT2D eigenvalue weighted by Gasteiger charge is -2.57. The molecule has 0 aromatic heterocycles. The Hall–Kier alpha value is -1.02. The molecule has 2 aliphatic rings. The Kier molecular flexibility index (Phi) is 2.50. The van der Waals surface area contributed by atoms with Gasteiger partial charge in [0.1, 0.15) is 5.75 Å². The van der Waals surface area contributed by atoms with Crippen LogP contribution < -0.4 is 10.1 Å². The summed E-state index contributed by atoms with van der Waals surface area (Å²) >= 11 is 0. The van der Waals surface area contributed by atoms with E-state index >= 15 is 0 Å². The Balaban J connectivity index is 2.23. The second kappa shape index (κ2) is 3.74. The number of piperidine rings is 1. The molecule has 0 radical (unpaired) electrons. The van der Waals surface area contributed by atoms with Crippen LogP contribution in [0.1, 0.15) is 38.3 Å². The number of hydrogen-bond acceptors (Lipinski definition) is 2. The molecule has 98 valence electrons. The molecule has 1 heterocycles. The normalized spacial score (nSPS) is 32.8. The molecule has 0 spiro atoms. The van der Waals surface area contributed by atoms with Gasteiger partial charge in [0.05, 0.1) is 7.11 Å². The molecule has 2 unspecified atom stereocenters. The largest absolute Gasteiger partial charge is 0.496 e. The zero-order chi connectivity index (χ0) is 13.0. The smallest absolute Gasteiger partial charge is 0.122 e. The third-order valence-electron chi connectivity index (χ3n) is 5.66. The van der Waals surface area contributed by atoms with Gasteiger partial charge < -0.3 is 10.1 Å². The van der Waals surface area contributed by atoms with Gasteiger partial charge in [-0.1, -0.05) is 32.9 Å². The van der Waals surface area contributed by atoms with E-state index in [1.807, 2.05) is 0 Å². The summed E-state index contributed by atoms with van der Waals surface area (Å²) in [4.78, 5) is 0. The highest BCUT2D eigenvalue weighted by molar-refractivity contribution is 5.49. The molecular weight excluding hydrogens is 222 g/mol. The van der Waals surface area contributed by atoms with Gasteiger partial charge >= 0.3 is 0 Å². The molecule has 2 nitrogen and oxygen atoms in total. The van der Waals surface area contributed by atoms with Crippen LogP contribution in [0.25, 0.3) is 0 Å². The van der Waals surface area contributed by atoms with Gasteiger partial charge in [-0.05, 0) is 42.0 Å². The van der Waals surface area contributed by atoms with E-state index in [-0.39, 0.29) is 5.41 Å². The van der Waals surface area contributed by atoms with Crippen molar-refractivity contribution in [3.05, 3.63) is 29.3 Å². The topological polar surface area (TPSA) is 21.3 Å². The van der Waals surface area contributed by atoms with Gasteiger partial charge in [0.25, 0.3) is 0 Å². The number of fused-ring (bicyclic) bond motifs is 4. The van der Waals surface area contributed by atoms with Crippen LogP contribution >= 0.6 is 0 Å². The summed E-state index contributed by atoms with van der Waals surface area (Å²) in [6.45, 7) is 8.37. The lowest BCUT2D eigenvalue weighted by molar-refractivity contribution is 0.0551. The highest BCUT2D eigenvalue weighted by atomic mass is 16.5. The van der Waals surface area contributed by atoms with E-state index in [2.05, 4.69) is 44.3 Å². The fraction of sp³-hybridized carbons (Fsp3) is 0.625. The number of rotatable bonds is 1. The average molecular weight is 245 g/mol. The SMILES string of the molecule is COc1cccc2c1CC1NCCC2(C)C1(C)C. The van der Waals surface area contributed by atoms with Crippen LogP contribution in [0.2, 0.25) is 0 Å². The standard InChI is InChI=1S/C16H23NO/c1-15(2)14-10-11-12(6-5-7-13(11)18-4)16(15,3)8-9-17-14/h5-7,14,17H,8-10H2,1-4H3. The highest BCUT2D eigenvalue weighted by Gasteiger charge is 2.53. The molecule has 3 rings (SSSR count). The van der Waals surface area contributed by atoms with Crippen LogP contribution in [-0.2, 0) is 11.8 Å². The molecule has 0 amide bonds. The predicted octanol–water partition coefficient (Wildman–Crippen LogP) is 2.90. The summed E-state index contributed by atoms with van der Waals surface area (Å²) in [6, 6.07) is 7.10. The molecule has 2 atom stereocenters. The maximum atomic E-state index is 5.56. The molecular formula is C16H23NO. The second-order valence-corrected chi connectivity index (χ2v) is 6.50. The molecule has 1 aliphatic heterocycles. The molecule has 1 fully saturated rings. The molecule has 0 saturated carbocycles. The molecule has 1 aliphatic carbocycles. The van der Waals surface area contributed by atoms with Gasteiger partial charge in [-0.25, -0.2) is 0 Å². The zero-order valence-electron chi connectivity index (χ0n) is 11.8. The molecule has 2 bridgehead atoms. The van der Waals surface area contributed by atoms with Crippen LogP contribution in [0.15, 0.2) is 18.2 Å². The minimum absolute atomic E-state index is 0.255. The fourth-order valence-corrected chi connectivity index (χ4v) is 3.96. The predicted molar refractivity (Wildman–Crippen MR) is 74.2 cm³/mol. The average Bonchev–Trinajstić information content (AvgIpc) is 2.33. The molecule has 18 heavy (non-hydrogen) atoms. The number of ether oxygens (including phenoxy) is 1. The first-order valence-corrected chi connectivity index (χ1v) is 6.90. The number of benzene rings is 1. The van der Waals surface area contributed by atoms with Crippen molar-refractivity contribution in [2.24, 2.45) is 5.41 Å². The van der Waals surface area contributed by atoms with Crippen molar-refractivity contribution >= 4 is 0 Å². The van der Waals surface area contributed by atoms with Crippen molar-refractivity contribution in [2.45, 2.75) is 45.1 Å². The third-order valence-corrected chi connectivity index (χ3v) is 5.66. The Bertz CT molecular complexity index is 480. The van der Waals surface area contributed by atoms with Gasteiger partial charge in [0.15, 0.2) is 0 Å².